The summed E-state index contributed by atoms with van der Waals surface area (Å²) >= 11 is 0. The summed E-state index contributed by atoms with van der Waals surface area (Å²) in [6.07, 6.45) is 0.0869. The van der Waals surface area contributed by atoms with Gasteiger partial charge in [-0.05, 0) is 19.9 Å². The lowest BCUT2D eigenvalue weighted by Gasteiger charge is -2.31. The maximum atomic E-state index is 12.8. The Balaban J connectivity index is 2.62. The highest BCUT2D eigenvalue weighted by Gasteiger charge is 2.39. The molecule has 1 aromatic rings. The molecule has 7 heteroatoms. The molecule has 1 aliphatic rings. The lowest BCUT2D eigenvalue weighted by molar-refractivity contribution is -0.139. The van der Waals surface area contributed by atoms with Crippen molar-refractivity contribution in [2.45, 2.75) is 26.2 Å². The third-order valence-electron chi connectivity index (χ3n) is 4.28. The Morgan fingerprint density at radius 3 is 2.33 bits per heavy atom. The van der Waals surface area contributed by atoms with Crippen molar-refractivity contribution in [3.63, 3.8) is 0 Å². The van der Waals surface area contributed by atoms with Crippen molar-refractivity contribution >= 4 is 11.9 Å². The first-order chi connectivity index (χ1) is 13.0. The van der Waals surface area contributed by atoms with Crippen LogP contribution in [-0.4, -0.2) is 32.8 Å². The van der Waals surface area contributed by atoms with Gasteiger partial charge >= 0.3 is 11.9 Å². The fourth-order valence-electron chi connectivity index (χ4n) is 3.13. The van der Waals surface area contributed by atoms with Gasteiger partial charge in [0.1, 0.15) is 12.4 Å². The van der Waals surface area contributed by atoms with Gasteiger partial charge in [-0.2, -0.15) is 5.26 Å². The van der Waals surface area contributed by atoms with E-state index in [1.165, 1.54) is 14.2 Å². The number of carbonyl (C=O) groups excluding carboxylic acids is 2. The number of nitriles is 1. The molecule has 0 saturated heterocycles. The SMILES string of the molecule is COC(=O)C1=C(C)NC(C)=C(C(=O)OCCC#N)C1c1ccccc1OC. The number of para-hydroxylation sites is 1. The Labute approximate surface area is 158 Å². The maximum absolute atomic E-state index is 12.8. The number of esters is 2. The number of methoxy groups -OCH3 is 2. The van der Waals surface area contributed by atoms with Crippen molar-refractivity contribution in [2.24, 2.45) is 0 Å². The lowest BCUT2D eigenvalue weighted by atomic mass is 9.80. The van der Waals surface area contributed by atoms with Crippen LogP contribution in [0.3, 0.4) is 0 Å². The van der Waals surface area contributed by atoms with E-state index in [1.807, 2.05) is 6.07 Å². The van der Waals surface area contributed by atoms with Gasteiger partial charge in [0.15, 0.2) is 0 Å². The standard InChI is InChI=1S/C20H22N2O5/c1-12-16(19(23)26-4)18(14-8-5-6-9-15(14)25-3)17(13(2)22-12)20(24)27-11-7-10-21/h5-6,8-9,18,22H,7,11H2,1-4H3. The smallest absolute Gasteiger partial charge is 0.336 e. The fraction of sp³-hybridized carbons (Fsp3) is 0.350. The average Bonchev–Trinajstić information content (AvgIpc) is 2.66. The van der Waals surface area contributed by atoms with E-state index in [2.05, 4.69) is 5.32 Å². The topological polar surface area (TPSA) is 97.6 Å². The second-order valence-corrected chi connectivity index (χ2v) is 5.91. The second-order valence-electron chi connectivity index (χ2n) is 5.91. The summed E-state index contributed by atoms with van der Waals surface area (Å²) < 4.78 is 15.6. The zero-order chi connectivity index (χ0) is 20.0. The van der Waals surface area contributed by atoms with E-state index in [4.69, 9.17) is 19.5 Å². The van der Waals surface area contributed by atoms with E-state index in [0.29, 0.717) is 28.3 Å². The summed E-state index contributed by atoms with van der Waals surface area (Å²) in [6, 6.07) is 9.09. The molecule has 1 aliphatic heterocycles. The maximum Gasteiger partial charge on any atom is 0.336 e. The van der Waals surface area contributed by atoms with Crippen LogP contribution < -0.4 is 10.1 Å². The number of dihydropyridines is 1. The van der Waals surface area contributed by atoms with E-state index >= 15 is 0 Å². The van der Waals surface area contributed by atoms with Crippen molar-refractivity contribution in [3.8, 4) is 11.8 Å². The zero-order valence-corrected chi connectivity index (χ0v) is 15.8. The van der Waals surface area contributed by atoms with Crippen LogP contribution in [0, 0.1) is 11.3 Å². The number of hydrogen-bond donors (Lipinski definition) is 1. The van der Waals surface area contributed by atoms with Crippen molar-refractivity contribution in [1.29, 1.82) is 5.26 Å². The highest BCUT2D eigenvalue weighted by molar-refractivity contribution is 6.00. The second kappa shape index (κ2) is 8.90. The van der Waals surface area contributed by atoms with E-state index in [1.54, 1.807) is 38.1 Å². The van der Waals surface area contributed by atoms with Crippen LogP contribution in [0.1, 0.15) is 31.7 Å². The van der Waals surface area contributed by atoms with Gasteiger partial charge in [-0.1, -0.05) is 18.2 Å². The third kappa shape index (κ3) is 4.11. The minimum Gasteiger partial charge on any atom is -0.496 e. The van der Waals surface area contributed by atoms with Crippen LogP contribution in [-0.2, 0) is 19.1 Å². The number of carbonyl (C=O) groups is 2. The van der Waals surface area contributed by atoms with Crippen molar-refractivity contribution in [1.82, 2.24) is 5.32 Å². The summed E-state index contributed by atoms with van der Waals surface area (Å²) in [7, 11) is 2.81. The first-order valence-electron chi connectivity index (χ1n) is 8.40. The molecule has 1 unspecified atom stereocenters. The molecule has 1 atom stereocenters. The molecule has 0 bridgehead atoms. The van der Waals surface area contributed by atoms with Gasteiger partial charge in [0.05, 0.1) is 43.8 Å². The summed E-state index contributed by atoms with van der Waals surface area (Å²) in [5.74, 6) is -1.33. The van der Waals surface area contributed by atoms with Crippen molar-refractivity contribution in [2.75, 3.05) is 20.8 Å². The van der Waals surface area contributed by atoms with E-state index in [9.17, 15) is 9.59 Å². The molecular formula is C20H22N2O5. The number of nitrogens with zero attached hydrogens (tertiary/aromatic N) is 1. The molecular weight excluding hydrogens is 348 g/mol. The first-order valence-corrected chi connectivity index (χ1v) is 8.40. The molecule has 142 valence electrons. The monoisotopic (exact) mass is 370 g/mol. The number of allylic oxidation sites excluding steroid dienone is 2. The highest BCUT2D eigenvalue weighted by atomic mass is 16.5. The zero-order valence-electron chi connectivity index (χ0n) is 15.8. The third-order valence-corrected chi connectivity index (χ3v) is 4.28. The van der Waals surface area contributed by atoms with Gasteiger partial charge in [0.2, 0.25) is 0 Å². The van der Waals surface area contributed by atoms with Gasteiger partial charge in [0.25, 0.3) is 0 Å². The van der Waals surface area contributed by atoms with Crippen LogP contribution in [0.5, 0.6) is 5.75 Å². The van der Waals surface area contributed by atoms with Gasteiger partial charge in [0, 0.05) is 17.0 Å². The Morgan fingerprint density at radius 2 is 1.74 bits per heavy atom. The van der Waals surface area contributed by atoms with Crippen LogP contribution >= 0.6 is 0 Å². The van der Waals surface area contributed by atoms with E-state index in [0.717, 1.165) is 0 Å². The number of rotatable bonds is 6. The predicted octanol–water partition coefficient (Wildman–Crippen LogP) is 2.56. The molecule has 0 spiro atoms. The Bertz CT molecular complexity index is 848. The van der Waals surface area contributed by atoms with Crippen LogP contribution in [0.15, 0.2) is 46.8 Å². The van der Waals surface area contributed by atoms with E-state index in [-0.39, 0.29) is 18.6 Å². The number of nitrogens with one attached hydrogen (secondary N) is 1. The molecule has 2 rings (SSSR count). The Hall–Kier alpha value is -3.27. The lowest BCUT2D eigenvalue weighted by Crippen LogP contribution is -2.32. The largest absolute Gasteiger partial charge is 0.496 e. The molecule has 7 nitrogen and oxygen atoms in total. The minimum atomic E-state index is -0.718. The average molecular weight is 370 g/mol. The van der Waals surface area contributed by atoms with Crippen molar-refractivity contribution in [3.05, 3.63) is 52.4 Å². The van der Waals surface area contributed by atoms with Crippen LogP contribution in [0.4, 0.5) is 0 Å². The number of ether oxygens (including phenoxy) is 3. The molecule has 0 aromatic heterocycles. The number of hydrogen-bond acceptors (Lipinski definition) is 7. The summed E-state index contributed by atoms with van der Waals surface area (Å²) in [4.78, 5) is 25.3. The molecule has 1 heterocycles. The molecule has 27 heavy (non-hydrogen) atoms. The summed E-state index contributed by atoms with van der Waals surface area (Å²) in [5.41, 5.74) is 2.39. The van der Waals surface area contributed by atoms with Gasteiger partial charge in [-0.3, -0.25) is 0 Å². The van der Waals surface area contributed by atoms with Crippen molar-refractivity contribution < 1.29 is 23.8 Å². The summed E-state index contributed by atoms with van der Waals surface area (Å²) in [5, 5.41) is 11.7. The minimum absolute atomic E-state index is 0.0268. The van der Waals surface area contributed by atoms with Gasteiger partial charge in [-0.25, -0.2) is 9.59 Å². The molecule has 0 amide bonds. The highest BCUT2D eigenvalue weighted by Crippen LogP contribution is 2.42. The molecule has 0 saturated carbocycles. The van der Waals surface area contributed by atoms with Gasteiger partial charge < -0.3 is 19.5 Å². The van der Waals surface area contributed by atoms with Crippen LogP contribution in [0.2, 0.25) is 0 Å². The Kier molecular flexibility index (Phi) is 6.61. The van der Waals surface area contributed by atoms with Gasteiger partial charge in [-0.15, -0.1) is 0 Å². The van der Waals surface area contributed by atoms with E-state index < -0.39 is 17.9 Å². The molecule has 1 N–H and O–H groups in total. The first kappa shape index (κ1) is 20.0. The Morgan fingerprint density at radius 1 is 1.11 bits per heavy atom. The number of benzene rings is 1. The fourth-order valence-corrected chi connectivity index (χ4v) is 3.13. The quantitative estimate of drug-likeness (QED) is 0.607. The molecule has 0 radical (unpaired) electrons. The normalized spacial score (nSPS) is 16.3. The molecule has 0 aliphatic carbocycles. The van der Waals surface area contributed by atoms with Crippen LogP contribution in [0.25, 0.3) is 0 Å². The predicted molar refractivity (Wildman–Crippen MR) is 97.5 cm³/mol. The molecule has 0 fully saturated rings. The summed E-state index contributed by atoms with van der Waals surface area (Å²) in [6.45, 7) is 3.46. The molecule has 1 aromatic carbocycles.